The number of carbonyl (C=O) groups excluding carboxylic acids is 3. The van der Waals surface area contributed by atoms with E-state index in [9.17, 15) is 14.4 Å². The number of hydrogen-bond acceptors (Lipinski definition) is 4. The summed E-state index contributed by atoms with van der Waals surface area (Å²) in [5.41, 5.74) is 0.471. The van der Waals surface area contributed by atoms with Gasteiger partial charge in [-0.1, -0.05) is 30.3 Å². The van der Waals surface area contributed by atoms with Crippen LogP contribution >= 0.6 is 0 Å². The predicted molar refractivity (Wildman–Crippen MR) is 113 cm³/mol. The molecule has 8 heteroatoms. The summed E-state index contributed by atoms with van der Waals surface area (Å²) < 4.78 is 5.47. The molecule has 0 spiro atoms. The number of rotatable bonds is 2. The summed E-state index contributed by atoms with van der Waals surface area (Å²) in [7, 11) is 3.30. The van der Waals surface area contributed by atoms with E-state index in [1.807, 2.05) is 56.0 Å². The Hall–Kier alpha value is -2.77. The van der Waals surface area contributed by atoms with Gasteiger partial charge in [-0.3, -0.25) is 0 Å². The lowest BCUT2D eigenvalue weighted by molar-refractivity contribution is 0.0158. The zero-order chi connectivity index (χ0) is 22.1. The van der Waals surface area contributed by atoms with Gasteiger partial charge in [-0.2, -0.15) is 0 Å². The number of imide groups is 1. The number of ether oxygens (including phenoxy) is 1. The van der Waals surface area contributed by atoms with Crippen LogP contribution in [0.5, 0.6) is 0 Å². The number of likely N-dealkylation sites (tertiary alicyclic amines) is 1. The summed E-state index contributed by atoms with van der Waals surface area (Å²) in [4.78, 5) is 44.5. The Balaban J connectivity index is 1.76. The molecule has 2 saturated heterocycles. The second kappa shape index (κ2) is 8.53. The standard InChI is InChI=1S/C22H32N4O4/c1-22(2,3)30-21(29)24-13-11-17(12-14-24)26-18(16-9-7-6-8-10-16)15-25(20(26)28)19(27)23(4)5/h6-10,17-18H,11-15H2,1-5H3/t18-/m0/s1. The fraction of sp³-hybridized carbons (Fsp3) is 0.591. The van der Waals surface area contributed by atoms with Crippen molar-refractivity contribution in [2.75, 3.05) is 33.7 Å². The van der Waals surface area contributed by atoms with E-state index in [0.29, 0.717) is 32.5 Å². The molecule has 0 saturated carbocycles. The second-order valence-corrected chi connectivity index (χ2v) is 9.10. The highest BCUT2D eigenvalue weighted by Crippen LogP contribution is 2.35. The second-order valence-electron chi connectivity index (χ2n) is 9.10. The predicted octanol–water partition coefficient (Wildman–Crippen LogP) is 3.55. The van der Waals surface area contributed by atoms with E-state index < -0.39 is 5.60 Å². The van der Waals surface area contributed by atoms with Gasteiger partial charge in [-0.15, -0.1) is 0 Å². The van der Waals surface area contributed by atoms with Crippen LogP contribution in [0, 0.1) is 0 Å². The molecule has 2 heterocycles. The molecule has 3 rings (SSSR count). The van der Waals surface area contributed by atoms with Crippen molar-refractivity contribution in [2.45, 2.75) is 51.3 Å². The maximum atomic E-state index is 13.2. The van der Waals surface area contributed by atoms with Gasteiger partial charge < -0.3 is 19.4 Å². The van der Waals surface area contributed by atoms with E-state index in [4.69, 9.17) is 4.74 Å². The summed E-state index contributed by atoms with van der Waals surface area (Å²) in [6.45, 7) is 6.91. The van der Waals surface area contributed by atoms with E-state index in [1.165, 1.54) is 9.80 Å². The lowest BCUT2D eigenvalue weighted by Crippen LogP contribution is -2.50. The lowest BCUT2D eigenvalue weighted by atomic mass is 9.99. The van der Waals surface area contributed by atoms with Gasteiger partial charge in [0, 0.05) is 33.2 Å². The van der Waals surface area contributed by atoms with E-state index in [0.717, 1.165) is 5.56 Å². The summed E-state index contributed by atoms with van der Waals surface area (Å²) in [6.07, 6.45) is 0.981. The quantitative estimate of drug-likeness (QED) is 0.739. The van der Waals surface area contributed by atoms with Crippen LogP contribution in [-0.4, -0.2) is 83.1 Å². The largest absolute Gasteiger partial charge is 0.444 e. The SMILES string of the molecule is CN(C)C(=O)N1C[C@@H](c2ccccc2)N(C2CCN(C(=O)OC(C)(C)C)CC2)C1=O. The van der Waals surface area contributed by atoms with Crippen molar-refractivity contribution < 1.29 is 19.1 Å². The van der Waals surface area contributed by atoms with Crippen LogP contribution in [0.4, 0.5) is 14.4 Å². The molecule has 8 nitrogen and oxygen atoms in total. The highest BCUT2D eigenvalue weighted by Gasteiger charge is 2.46. The van der Waals surface area contributed by atoms with Crippen LogP contribution in [0.2, 0.25) is 0 Å². The number of urea groups is 2. The van der Waals surface area contributed by atoms with Crippen LogP contribution in [0.25, 0.3) is 0 Å². The molecule has 0 radical (unpaired) electrons. The van der Waals surface area contributed by atoms with Crippen molar-refractivity contribution in [1.82, 2.24) is 19.6 Å². The molecule has 2 aliphatic rings. The number of piperidine rings is 1. The molecule has 0 bridgehead atoms. The Kier molecular flexibility index (Phi) is 6.24. The van der Waals surface area contributed by atoms with Gasteiger partial charge in [0.2, 0.25) is 0 Å². The van der Waals surface area contributed by atoms with Gasteiger partial charge in [0.05, 0.1) is 12.6 Å². The highest BCUT2D eigenvalue weighted by atomic mass is 16.6. The average molecular weight is 417 g/mol. The molecule has 0 unspecified atom stereocenters. The van der Waals surface area contributed by atoms with Gasteiger partial charge in [-0.05, 0) is 39.2 Å². The number of hydrogen-bond donors (Lipinski definition) is 0. The first kappa shape index (κ1) is 21.9. The van der Waals surface area contributed by atoms with Crippen molar-refractivity contribution in [3.05, 3.63) is 35.9 Å². The Morgan fingerprint density at radius 1 is 1.07 bits per heavy atom. The fourth-order valence-electron chi connectivity index (χ4n) is 4.02. The molecular weight excluding hydrogens is 384 g/mol. The molecule has 5 amide bonds. The Bertz CT molecular complexity index is 782. The third kappa shape index (κ3) is 4.68. The Morgan fingerprint density at radius 3 is 2.20 bits per heavy atom. The summed E-state index contributed by atoms with van der Waals surface area (Å²) >= 11 is 0. The molecular formula is C22H32N4O4. The molecule has 1 atom stereocenters. The molecule has 2 fully saturated rings. The summed E-state index contributed by atoms with van der Waals surface area (Å²) in [5, 5.41) is 0. The Morgan fingerprint density at radius 2 is 1.67 bits per heavy atom. The van der Waals surface area contributed by atoms with E-state index >= 15 is 0 Å². The van der Waals surface area contributed by atoms with Crippen LogP contribution < -0.4 is 0 Å². The molecule has 1 aromatic carbocycles. The molecule has 30 heavy (non-hydrogen) atoms. The van der Waals surface area contributed by atoms with Crippen LogP contribution in [0.3, 0.4) is 0 Å². The van der Waals surface area contributed by atoms with Crippen LogP contribution in [0.1, 0.15) is 45.2 Å². The van der Waals surface area contributed by atoms with Crippen molar-refractivity contribution >= 4 is 18.2 Å². The van der Waals surface area contributed by atoms with Crippen molar-refractivity contribution in [1.29, 1.82) is 0 Å². The van der Waals surface area contributed by atoms with E-state index in [1.54, 1.807) is 19.0 Å². The first-order valence-electron chi connectivity index (χ1n) is 10.4. The first-order chi connectivity index (χ1) is 14.1. The minimum Gasteiger partial charge on any atom is -0.444 e. The van der Waals surface area contributed by atoms with Gasteiger partial charge in [0.1, 0.15) is 5.60 Å². The molecule has 0 N–H and O–H groups in total. The number of nitrogens with zero attached hydrogens (tertiary/aromatic N) is 4. The summed E-state index contributed by atoms with van der Waals surface area (Å²) in [5.74, 6) is 0. The Labute approximate surface area is 178 Å². The third-order valence-corrected chi connectivity index (χ3v) is 5.45. The monoisotopic (exact) mass is 416 g/mol. The van der Waals surface area contributed by atoms with Crippen LogP contribution in [0.15, 0.2) is 30.3 Å². The minimum absolute atomic E-state index is 0.0404. The number of carbonyl (C=O) groups is 3. The molecule has 0 aromatic heterocycles. The third-order valence-electron chi connectivity index (χ3n) is 5.45. The first-order valence-corrected chi connectivity index (χ1v) is 10.4. The molecule has 2 aliphatic heterocycles. The molecule has 0 aliphatic carbocycles. The minimum atomic E-state index is -0.537. The van der Waals surface area contributed by atoms with E-state index in [2.05, 4.69) is 0 Å². The van der Waals surface area contributed by atoms with Crippen molar-refractivity contribution in [2.24, 2.45) is 0 Å². The van der Waals surface area contributed by atoms with Crippen molar-refractivity contribution in [3.8, 4) is 0 Å². The van der Waals surface area contributed by atoms with Gasteiger partial charge in [-0.25, -0.2) is 19.3 Å². The number of benzene rings is 1. The lowest BCUT2D eigenvalue weighted by Gasteiger charge is -2.39. The van der Waals surface area contributed by atoms with E-state index in [-0.39, 0.29) is 30.2 Å². The smallest absolute Gasteiger partial charge is 0.410 e. The molecule has 1 aromatic rings. The maximum absolute atomic E-state index is 13.2. The van der Waals surface area contributed by atoms with Gasteiger partial charge in [0.15, 0.2) is 0 Å². The van der Waals surface area contributed by atoms with Gasteiger partial charge >= 0.3 is 18.2 Å². The average Bonchev–Trinajstić information content (AvgIpc) is 3.04. The van der Waals surface area contributed by atoms with Crippen LogP contribution in [-0.2, 0) is 4.74 Å². The normalized spacial score (nSPS) is 20.5. The fourth-order valence-corrected chi connectivity index (χ4v) is 4.02. The zero-order valence-corrected chi connectivity index (χ0v) is 18.5. The zero-order valence-electron chi connectivity index (χ0n) is 18.5. The number of amides is 5. The highest BCUT2D eigenvalue weighted by molar-refractivity contribution is 5.95. The van der Waals surface area contributed by atoms with Crippen molar-refractivity contribution in [3.63, 3.8) is 0 Å². The topological polar surface area (TPSA) is 73.4 Å². The summed E-state index contributed by atoms with van der Waals surface area (Å²) in [6, 6.07) is 9.00. The van der Waals surface area contributed by atoms with Gasteiger partial charge in [0.25, 0.3) is 0 Å². The molecule has 164 valence electrons. The maximum Gasteiger partial charge on any atom is 0.410 e.